The van der Waals surface area contributed by atoms with Crippen LogP contribution in [-0.4, -0.2) is 13.3 Å². The molecule has 62 valence electrons. The van der Waals surface area contributed by atoms with Crippen molar-refractivity contribution in [3.8, 4) is 0 Å². The van der Waals surface area contributed by atoms with Crippen LogP contribution in [0.25, 0.3) is 0 Å². The van der Waals surface area contributed by atoms with Crippen LogP contribution in [0.1, 0.15) is 13.3 Å². The van der Waals surface area contributed by atoms with Gasteiger partial charge in [-0.05, 0) is 12.3 Å². The lowest BCUT2D eigenvalue weighted by atomic mass is 10.1. The first kappa shape index (κ1) is 9.95. The molecular formula is C9H16N2. The molecule has 2 heteroatoms. The molecule has 1 atom stereocenters. The summed E-state index contributed by atoms with van der Waals surface area (Å²) in [6.45, 7) is 5.71. The van der Waals surface area contributed by atoms with Gasteiger partial charge in [-0.2, -0.15) is 5.10 Å². The standard InChI is InChI=1S/C9H16N2/c1-4-5-6-7-9(2)8-11-10-3/h4-6,8-10H,1,7H2,2-3H3/b6-5?,11-8-. The van der Waals surface area contributed by atoms with E-state index >= 15 is 0 Å². The lowest BCUT2D eigenvalue weighted by molar-refractivity contribution is 0.786. The molecule has 0 saturated heterocycles. The van der Waals surface area contributed by atoms with Gasteiger partial charge in [0.05, 0.1) is 0 Å². The zero-order valence-electron chi connectivity index (χ0n) is 7.25. The molecule has 0 aromatic carbocycles. The molecule has 0 aliphatic rings. The van der Waals surface area contributed by atoms with Crippen molar-refractivity contribution in [1.29, 1.82) is 0 Å². The van der Waals surface area contributed by atoms with Gasteiger partial charge in [0.25, 0.3) is 0 Å². The minimum absolute atomic E-state index is 0.485. The summed E-state index contributed by atoms with van der Waals surface area (Å²) in [7, 11) is 1.79. The Morgan fingerprint density at radius 3 is 2.91 bits per heavy atom. The molecule has 0 saturated carbocycles. The quantitative estimate of drug-likeness (QED) is 0.363. The Labute approximate surface area is 68.7 Å². The van der Waals surface area contributed by atoms with E-state index < -0.39 is 0 Å². The zero-order chi connectivity index (χ0) is 8.53. The van der Waals surface area contributed by atoms with Crippen molar-refractivity contribution in [3.05, 3.63) is 24.8 Å². The number of allylic oxidation sites excluding steroid dienone is 3. The van der Waals surface area contributed by atoms with E-state index in [4.69, 9.17) is 0 Å². The van der Waals surface area contributed by atoms with Gasteiger partial charge in [-0.3, -0.25) is 0 Å². The van der Waals surface area contributed by atoms with Crippen molar-refractivity contribution < 1.29 is 0 Å². The lowest BCUT2D eigenvalue weighted by Gasteiger charge is -1.98. The Morgan fingerprint density at radius 1 is 1.64 bits per heavy atom. The van der Waals surface area contributed by atoms with Gasteiger partial charge >= 0.3 is 0 Å². The van der Waals surface area contributed by atoms with Gasteiger partial charge < -0.3 is 5.43 Å². The van der Waals surface area contributed by atoms with Crippen molar-refractivity contribution in [2.45, 2.75) is 13.3 Å². The maximum absolute atomic E-state index is 3.92. The van der Waals surface area contributed by atoms with Crippen molar-refractivity contribution >= 4 is 6.21 Å². The Bertz CT molecular complexity index is 148. The number of rotatable bonds is 5. The summed E-state index contributed by atoms with van der Waals surface area (Å²) in [6.07, 6.45) is 8.72. The number of hydrazone groups is 1. The maximum Gasteiger partial charge on any atom is 0.0273 e. The minimum atomic E-state index is 0.485. The van der Waals surface area contributed by atoms with Crippen LogP contribution in [0.5, 0.6) is 0 Å². The molecule has 0 fully saturated rings. The normalized spacial score (nSPS) is 14.0. The highest BCUT2D eigenvalue weighted by Gasteiger charge is 1.91. The summed E-state index contributed by atoms with van der Waals surface area (Å²) < 4.78 is 0. The first-order valence-electron chi connectivity index (χ1n) is 3.78. The summed E-state index contributed by atoms with van der Waals surface area (Å²) in [5.74, 6) is 0.485. The van der Waals surface area contributed by atoms with Crippen LogP contribution in [0.2, 0.25) is 0 Å². The van der Waals surface area contributed by atoms with Crippen molar-refractivity contribution in [3.63, 3.8) is 0 Å². The van der Waals surface area contributed by atoms with Gasteiger partial charge in [0.15, 0.2) is 0 Å². The van der Waals surface area contributed by atoms with Gasteiger partial charge in [0.1, 0.15) is 0 Å². The first-order valence-corrected chi connectivity index (χ1v) is 3.78. The van der Waals surface area contributed by atoms with E-state index in [9.17, 15) is 0 Å². The molecule has 11 heavy (non-hydrogen) atoms. The first-order chi connectivity index (χ1) is 5.31. The van der Waals surface area contributed by atoms with Crippen LogP contribution in [-0.2, 0) is 0 Å². The van der Waals surface area contributed by atoms with E-state index in [0.717, 1.165) is 6.42 Å². The molecule has 0 amide bonds. The predicted octanol–water partition coefficient (Wildman–Crippen LogP) is 1.96. The molecule has 0 aliphatic carbocycles. The number of hydrogen-bond donors (Lipinski definition) is 1. The monoisotopic (exact) mass is 152 g/mol. The molecule has 0 heterocycles. The largest absolute Gasteiger partial charge is 0.313 e. The van der Waals surface area contributed by atoms with Crippen LogP contribution in [0.4, 0.5) is 0 Å². The van der Waals surface area contributed by atoms with Crippen LogP contribution < -0.4 is 5.43 Å². The average Bonchev–Trinajstić information content (AvgIpc) is 2.01. The van der Waals surface area contributed by atoms with Crippen molar-refractivity contribution in [2.75, 3.05) is 7.05 Å². The van der Waals surface area contributed by atoms with Gasteiger partial charge in [0, 0.05) is 13.3 Å². The Hall–Kier alpha value is -1.05. The zero-order valence-corrected chi connectivity index (χ0v) is 7.25. The number of nitrogens with one attached hydrogen (secondary N) is 1. The van der Waals surface area contributed by atoms with Crippen molar-refractivity contribution in [2.24, 2.45) is 11.0 Å². The summed E-state index contributed by atoms with van der Waals surface area (Å²) in [6, 6.07) is 0. The Morgan fingerprint density at radius 2 is 2.36 bits per heavy atom. The molecule has 2 nitrogen and oxygen atoms in total. The van der Waals surface area contributed by atoms with Crippen LogP contribution in [0, 0.1) is 5.92 Å². The SMILES string of the molecule is C=CC=CCC(C)/C=N\NC. The van der Waals surface area contributed by atoms with Crippen LogP contribution in [0.15, 0.2) is 29.9 Å². The summed E-state index contributed by atoms with van der Waals surface area (Å²) in [5.41, 5.74) is 2.71. The minimum Gasteiger partial charge on any atom is -0.313 e. The molecular weight excluding hydrogens is 136 g/mol. The van der Waals surface area contributed by atoms with E-state index in [2.05, 4.69) is 30.1 Å². The predicted molar refractivity (Wildman–Crippen MR) is 50.7 cm³/mol. The topological polar surface area (TPSA) is 24.4 Å². The maximum atomic E-state index is 3.92. The Balaban J connectivity index is 3.51. The smallest absolute Gasteiger partial charge is 0.0273 e. The molecule has 0 radical (unpaired) electrons. The van der Waals surface area contributed by atoms with E-state index in [1.807, 2.05) is 12.3 Å². The fourth-order valence-corrected chi connectivity index (χ4v) is 0.652. The number of hydrogen-bond acceptors (Lipinski definition) is 2. The van der Waals surface area contributed by atoms with E-state index in [1.54, 1.807) is 13.1 Å². The van der Waals surface area contributed by atoms with E-state index in [-0.39, 0.29) is 0 Å². The van der Waals surface area contributed by atoms with Crippen molar-refractivity contribution in [1.82, 2.24) is 5.43 Å². The van der Waals surface area contributed by atoms with Crippen LogP contribution in [0.3, 0.4) is 0 Å². The molecule has 0 aliphatic heterocycles. The molecule has 0 aromatic rings. The molecule has 0 bridgehead atoms. The third kappa shape index (κ3) is 6.84. The molecule has 0 spiro atoms. The second-order valence-corrected chi connectivity index (χ2v) is 2.38. The van der Waals surface area contributed by atoms with Gasteiger partial charge in [0.2, 0.25) is 0 Å². The summed E-state index contributed by atoms with van der Waals surface area (Å²) in [5, 5.41) is 3.92. The number of nitrogens with zero attached hydrogens (tertiary/aromatic N) is 1. The average molecular weight is 152 g/mol. The Kier molecular flexibility index (Phi) is 6.39. The second-order valence-electron chi connectivity index (χ2n) is 2.38. The fourth-order valence-electron chi connectivity index (χ4n) is 0.652. The second kappa shape index (κ2) is 7.06. The molecule has 0 aromatic heterocycles. The van der Waals surface area contributed by atoms with Crippen LogP contribution >= 0.6 is 0 Å². The van der Waals surface area contributed by atoms with Gasteiger partial charge in [-0.15, -0.1) is 0 Å². The molecule has 1 N–H and O–H groups in total. The third-order valence-electron chi connectivity index (χ3n) is 1.24. The lowest BCUT2D eigenvalue weighted by Crippen LogP contribution is -2.00. The molecule has 0 rings (SSSR count). The van der Waals surface area contributed by atoms with E-state index in [0.29, 0.717) is 5.92 Å². The highest BCUT2D eigenvalue weighted by Crippen LogP contribution is 1.98. The third-order valence-corrected chi connectivity index (χ3v) is 1.24. The van der Waals surface area contributed by atoms with Gasteiger partial charge in [-0.1, -0.05) is 31.7 Å². The summed E-state index contributed by atoms with van der Waals surface area (Å²) >= 11 is 0. The van der Waals surface area contributed by atoms with E-state index in [1.165, 1.54) is 0 Å². The molecule has 1 unspecified atom stereocenters. The summed E-state index contributed by atoms with van der Waals surface area (Å²) in [4.78, 5) is 0. The fraction of sp³-hybridized carbons (Fsp3) is 0.444. The van der Waals surface area contributed by atoms with Gasteiger partial charge in [-0.25, -0.2) is 0 Å². The highest BCUT2D eigenvalue weighted by atomic mass is 15.3. The highest BCUT2D eigenvalue weighted by molar-refractivity contribution is 5.59.